The van der Waals surface area contributed by atoms with Crippen molar-refractivity contribution < 1.29 is 9.90 Å². The van der Waals surface area contributed by atoms with Crippen molar-refractivity contribution in [2.45, 2.75) is 0 Å². The maximum Gasteiger partial charge on any atom is 0.316 e. The molecule has 0 radical (unpaired) electrons. The fraction of sp³-hybridized carbons (Fsp3) is 0. The molecule has 0 spiro atoms. The molecular weight excluding hydrogens is 220 g/mol. The van der Waals surface area contributed by atoms with Crippen molar-refractivity contribution in [3.8, 4) is 12.1 Å². The number of carbonyl (C=O) groups is 1. The van der Waals surface area contributed by atoms with E-state index in [0.717, 1.165) is 0 Å². The molecule has 1 aromatic carbocycles. The summed E-state index contributed by atoms with van der Waals surface area (Å²) >= 11 is 0. The molecule has 1 aromatic rings. The van der Waals surface area contributed by atoms with Gasteiger partial charge in [-0.05, 0) is 12.1 Å². The van der Waals surface area contributed by atoms with Crippen LogP contribution in [-0.4, -0.2) is 11.1 Å². The van der Waals surface area contributed by atoms with Gasteiger partial charge in [0.25, 0.3) is 0 Å². The van der Waals surface area contributed by atoms with Gasteiger partial charge < -0.3 is 16.2 Å². The first kappa shape index (κ1) is 12.1. The molecule has 0 bridgehead atoms. The largest absolute Gasteiger partial charge is 0.505 e. The molecule has 0 fully saturated rings. The van der Waals surface area contributed by atoms with Gasteiger partial charge in [-0.25, -0.2) is 4.79 Å². The van der Waals surface area contributed by atoms with Crippen LogP contribution in [0.15, 0.2) is 29.8 Å². The van der Waals surface area contributed by atoms with Crippen molar-refractivity contribution in [3.05, 3.63) is 35.4 Å². The molecular formula is C11H8N4O2. The van der Waals surface area contributed by atoms with Crippen LogP contribution in [-0.2, 0) is 0 Å². The third-order valence-electron chi connectivity index (χ3n) is 1.90. The lowest BCUT2D eigenvalue weighted by molar-refractivity contribution is 0.259. The number of benzene rings is 1. The monoisotopic (exact) mass is 228 g/mol. The minimum Gasteiger partial charge on any atom is -0.505 e. The summed E-state index contributed by atoms with van der Waals surface area (Å²) in [4.78, 5) is 10.7. The fourth-order valence-corrected chi connectivity index (χ4v) is 1.20. The summed E-state index contributed by atoms with van der Waals surface area (Å²) in [6.07, 6.45) is 0. The number of hydrogen-bond acceptors (Lipinski definition) is 4. The van der Waals surface area contributed by atoms with Crippen molar-refractivity contribution in [2.75, 3.05) is 5.32 Å². The summed E-state index contributed by atoms with van der Waals surface area (Å²) < 4.78 is 0. The second kappa shape index (κ2) is 5.19. The average molecular weight is 228 g/mol. The minimum absolute atomic E-state index is 0.157. The number of urea groups is 1. The van der Waals surface area contributed by atoms with Crippen LogP contribution < -0.4 is 11.1 Å². The summed E-state index contributed by atoms with van der Waals surface area (Å²) in [6, 6.07) is 8.45. The predicted octanol–water partition coefficient (Wildman–Crippen LogP) is 1.49. The van der Waals surface area contributed by atoms with E-state index < -0.39 is 17.4 Å². The molecule has 6 nitrogen and oxygen atoms in total. The Morgan fingerprint density at radius 1 is 1.29 bits per heavy atom. The number of nitrogens with two attached hydrogens (primary N) is 1. The highest BCUT2D eigenvalue weighted by atomic mass is 16.3. The van der Waals surface area contributed by atoms with Crippen LogP contribution in [0.25, 0.3) is 5.76 Å². The number of rotatable bonds is 2. The molecule has 0 saturated carbocycles. The van der Waals surface area contributed by atoms with Crippen molar-refractivity contribution in [2.24, 2.45) is 5.73 Å². The minimum atomic E-state index is -0.805. The van der Waals surface area contributed by atoms with Crippen LogP contribution in [0.1, 0.15) is 5.56 Å². The van der Waals surface area contributed by atoms with Crippen LogP contribution in [0.2, 0.25) is 0 Å². The number of carbonyl (C=O) groups excluding carboxylic acids is 1. The van der Waals surface area contributed by atoms with E-state index in [-0.39, 0.29) is 11.3 Å². The number of nitrogens with zero attached hydrogens (tertiary/aromatic N) is 2. The first-order chi connectivity index (χ1) is 8.10. The molecule has 17 heavy (non-hydrogen) atoms. The van der Waals surface area contributed by atoms with Crippen molar-refractivity contribution >= 4 is 17.5 Å². The molecule has 4 N–H and O–H groups in total. The lowest BCUT2D eigenvalue weighted by atomic mass is 10.1. The Hall–Kier alpha value is -2.99. The van der Waals surface area contributed by atoms with Gasteiger partial charge in [0.2, 0.25) is 0 Å². The molecule has 0 unspecified atom stereocenters. The van der Waals surface area contributed by atoms with E-state index in [1.807, 2.05) is 0 Å². The number of amides is 2. The first-order valence-electron chi connectivity index (χ1n) is 4.49. The summed E-state index contributed by atoms with van der Waals surface area (Å²) in [5, 5.41) is 29.3. The van der Waals surface area contributed by atoms with Gasteiger partial charge in [-0.15, -0.1) is 0 Å². The highest BCUT2D eigenvalue weighted by Crippen LogP contribution is 2.23. The molecule has 84 valence electrons. The zero-order chi connectivity index (χ0) is 12.8. The summed E-state index contributed by atoms with van der Waals surface area (Å²) in [7, 11) is 0. The number of hydrogen-bond donors (Lipinski definition) is 3. The third-order valence-corrected chi connectivity index (χ3v) is 1.90. The van der Waals surface area contributed by atoms with Crippen molar-refractivity contribution in [1.82, 2.24) is 0 Å². The quantitative estimate of drug-likeness (QED) is 0.524. The summed E-state index contributed by atoms with van der Waals surface area (Å²) in [5.41, 5.74) is 4.90. The Morgan fingerprint density at radius 3 is 2.41 bits per heavy atom. The van der Waals surface area contributed by atoms with E-state index in [9.17, 15) is 9.90 Å². The Balaban J connectivity index is 3.33. The lowest BCUT2D eigenvalue weighted by Crippen LogP contribution is -2.20. The Kier molecular flexibility index (Phi) is 3.69. The molecule has 0 aliphatic rings. The van der Waals surface area contributed by atoms with Crippen molar-refractivity contribution in [1.29, 1.82) is 10.5 Å². The molecule has 0 aliphatic heterocycles. The molecule has 0 saturated heterocycles. The molecule has 2 amide bonds. The smallest absolute Gasteiger partial charge is 0.316 e. The van der Waals surface area contributed by atoms with E-state index in [0.29, 0.717) is 0 Å². The number of nitriles is 2. The number of para-hydroxylation sites is 1. The Labute approximate surface area is 97.2 Å². The summed E-state index contributed by atoms with van der Waals surface area (Å²) in [6.45, 7) is 0. The average Bonchev–Trinajstić information content (AvgIpc) is 2.30. The molecule has 1 rings (SSSR count). The van der Waals surface area contributed by atoms with Gasteiger partial charge in [0.15, 0.2) is 11.3 Å². The standard InChI is InChI=1S/C11H8N4O2/c12-5-7(6-13)10(16)8-3-1-2-4-9(8)15-11(14)17/h1-4,16H,(H3,14,15,17). The highest BCUT2D eigenvalue weighted by Gasteiger charge is 2.12. The van der Waals surface area contributed by atoms with Crippen LogP contribution in [0.4, 0.5) is 10.5 Å². The van der Waals surface area contributed by atoms with E-state index in [2.05, 4.69) is 5.32 Å². The number of aliphatic hydroxyl groups is 1. The number of primary amides is 1. The van der Waals surface area contributed by atoms with E-state index in [1.54, 1.807) is 24.3 Å². The SMILES string of the molecule is N#CC(C#N)=C(O)c1ccccc1NC(N)=O. The first-order valence-corrected chi connectivity index (χ1v) is 4.49. The molecule has 0 aromatic heterocycles. The molecule has 6 heteroatoms. The predicted molar refractivity (Wildman–Crippen MR) is 60.4 cm³/mol. The van der Waals surface area contributed by atoms with Gasteiger partial charge in [-0.2, -0.15) is 10.5 Å². The molecule has 0 aliphatic carbocycles. The number of nitrogens with one attached hydrogen (secondary N) is 1. The van der Waals surface area contributed by atoms with Crippen LogP contribution in [0, 0.1) is 22.7 Å². The zero-order valence-electron chi connectivity index (χ0n) is 8.64. The van der Waals surface area contributed by atoms with E-state index >= 15 is 0 Å². The van der Waals surface area contributed by atoms with Gasteiger partial charge in [0.05, 0.1) is 5.69 Å². The zero-order valence-corrected chi connectivity index (χ0v) is 8.64. The Bertz CT molecular complexity index is 548. The van der Waals surface area contributed by atoms with Crippen LogP contribution in [0.3, 0.4) is 0 Å². The van der Waals surface area contributed by atoms with E-state index in [4.69, 9.17) is 16.3 Å². The fourth-order valence-electron chi connectivity index (χ4n) is 1.20. The topological polar surface area (TPSA) is 123 Å². The van der Waals surface area contributed by atoms with Gasteiger partial charge in [-0.3, -0.25) is 0 Å². The van der Waals surface area contributed by atoms with Gasteiger partial charge in [0.1, 0.15) is 12.1 Å². The van der Waals surface area contributed by atoms with Gasteiger partial charge >= 0.3 is 6.03 Å². The second-order valence-electron chi connectivity index (χ2n) is 2.98. The lowest BCUT2D eigenvalue weighted by Gasteiger charge is -2.08. The van der Waals surface area contributed by atoms with Gasteiger partial charge in [0, 0.05) is 5.56 Å². The number of allylic oxidation sites excluding steroid dienone is 1. The number of aliphatic hydroxyl groups excluding tert-OH is 1. The molecule has 0 atom stereocenters. The highest BCUT2D eigenvalue weighted by molar-refractivity contribution is 5.92. The third kappa shape index (κ3) is 2.74. The summed E-state index contributed by atoms with van der Waals surface area (Å²) in [5.74, 6) is -0.501. The number of anilines is 1. The second-order valence-corrected chi connectivity index (χ2v) is 2.98. The van der Waals surface area contributed by atoms with Gasteiger partial charge in [-0.1, -0.05) is 12.1 Å². The normalized spacial score (nSPS) is 8.59. The maximum absolute atomic E-state index is 10.7. The van der Waals surface area contributed by atoms with E-state index in [1.165, 1.54) is 12.1 Å². The van der Waals surface area contributed by atoms with Crippen molar-refractivity contribution in [3.63, 3.8) is 0 Å². The Morgan fingerprint density at radius 2 is 1.88 bits per heavy atom. The van der Waals surface area contributed by atoms with Crippen LogP contribution in [0.5, 0.6) is 0 Å². The molecule has 0 heterocycles. The van der Waals surface area contributed by atoms with Crippen LogP contribution >= 0.6 is 0 Å². The maximum atomic E-state index is 10.7.